The topological polar surface area (TPSA) is 88.5 Å². The van der Waals surface area contributed by atoms with E-state index < -0.39 is 19.0 Å². The van der Waals surface area contributed by atoms with Gasteiger partial charge in [-0.05, 0) is 10.8 Å². The van der Waals surface area contributed by atoms with Crippen LogP contribution in [0.2, 0.25) is 0 Å². The van der Waals surface area contributed by atoms with Crippen LogP contribution < -0.4 is 0 Å². The normalized spacial score (nSPS) is 13.3. The van der Waals surface area contributed by atoms with Crippen LogP contribution >= 0.6 is 10.8 Å². The number of hydrogen-bond donors (Lipinski definition) is 1. The average molecular weight is 220 g/mol. The first kappa shape index (κ1) is 11.2. The molecule has 0 spiro atoms. The Kier molecular flexibility index (Phi) is 3.82. The van der Waals surface area contributed by atoms with Crippen LogP contribution in [0.3, 0.4) is 0 Å². The molecule has 1 N–H and O–H groups in total. The number of hydrogen-bond acceptors (Lipinski definition) is 5. The molecule has 0 unspecified atom stereocenters. The maximum atomic E-state index is 10.4. The Morgan fingerprint density at radius 1 is 1.27 bits per heavy atom. The second-order valence-electron chi connectivity index (χ2n) is 1.88. The Balaban J connectivity index is 3.79. The zero-order chi connectivity index (χ0) is 9.12. The molecule has 0 aliphatic carbocycles. The van der Waals surface area contributed by atoms with E-state index in [0.717, 1.165) is 6.26 Å². The third-order valence-corrected chi connectivity index (χ3v) is 3.95. The first-order valence-electron chi connectivity index (χ1n) is 2.50. The van der Waals surface area contributed by atoms with Gasteiger partial charge in [0.15, 0.2) is 0 Å². The molecular formula is C3H8O5S3. The summed E-state index contributed by atoms with van der Waals surface area (Å²) in [6, 6.07) is 0. The van der Waals surface area contributed by atoms with Crippen LogP contribution in [0, 0.1) is 0 Å². The monoisotopic (exact) mass is 220 g/mol. The first-order chi connectivity index (χ1) is 4.71. The van der Waals surface area contributed by atoms with Crippen molar-refractivity contribution in [3.05, 3.63) is 0 Å². The van der Waals surface area contributed by atoms with Gasteiger partial charge in [-0.1, -0.05) is 0 Å². The highest BCUT2D eigenvalue weighted by Gasteiger charge is 2.08. The van der Waals surface area contributed by atoms with Gasteiger partial charge in [-0.25, -0.2) is 8.42 Å². The third kappa shape index (κ3) is 10.2. The van der Waals surface area contributed by atoms with Crippen molar-refractivity contribution in [2.45, 2.75) is 0 Å². The van der Waals surface area contributed by atoms with Crippen LogP contribution in [-0.2, 0) is 19.0 Å². The van der Waals surface area contributed by atoms with Gasteiger partial charge in [0.25, 0.3) is 0 Å². The van der Waals surface area contributed by atoms with Crippen LogP contribution in [0.15, 0.2) is 0 Å². The van der Waals surface area contributed by atoms with Gasteiger partial charge >= 0.3 is 9.15 Å². The van der Waals surface area contributed by atoms with E-state index in [4.69, 9.17) is 4.55 Å². The minimum atomic E-state index is -4.09. The van der Waals surface area contributed by atoms with E-state index >= 15 is 0 Å². The lowest BCUT2D eigenvalue weighted by atomic mass is 11.0. The molecule has 8 heteroatoms. The Morgan fingerprint density at radius 2 is 1.73 bits per heavy atom. The molecule has 0 radical (unpaired) electrons. The maximum absolute atomic E-state index is 10.4. The van der Waals surface area contributed by atoms with Crippen molar-refractivity contribution in [3.8, 4) is 0 Å². The smallest absolute Gasteiger partial charge is 0.277 e. The fourth-order valence-corrected chi connectivity index (χ4v) is 3.23. The van der Waals surface area contributed by atoms with Gasteiger partial charge in [0.1, 0.15) is 9.84 Å². The van der Waals surface area contributed by atoms with Gasteiger partial charge in [-0.15, -0.1) is 0 Å². The van der Waals surface area contributed by atoms with Crippen molar-refractivity contribution in [2.24, 2.45) is 0 Å². The molecule has 0 atom stereocenters. The van der Waals surface area contributed by atoms with Crippen molar-refractivity contribution in [2.75, 3.05) is 17.8 Å². The molecule has 0 aromatic rings. The highest BCUT2D eigenvalue weighted by molar-refractivity contribution is 8.70. The van der Waals surface area contributed by atoms with Gasteiger partial charge in [-0.2, -0.15) is 8.42 Å². The van der Waals surface area contributed by atoms with E-state index in [1.165, 1.54) is 0 Å². The Labute approximate surface area is 69.2 Å². The van der Waals surface area contributed by atoms with Crippen molar-refractivity contribution in [1.82, 2.24) is 0 Å². The summed E-state index contributed by atoms with van der Waals surface area (Å²) >= 11 is 0. The van der Waals surface area contributed by atoms with E-state index in [1.54, 1.807) is 0 Å². The van der Waals surface area contributed by atoms with Crippen LogP contribution in [0.1, 0.15) is 0 Å². The molecule has 0 aromatic heterocycles. The van der Waals surface area contributed by atoms with E-state index in [0.29, 0.717) is 0 Å². The molecule has 0 aromatic carbocycles. The van der Waals surface area contributed by atoms with Crippen LogP contribution in [0.5, 0.6) is 0 Å². The maximum Gasteiger partial charge on any atom is 0.319 e. The second kappa shape index (κ2) is 3.74. The number of sulfone groups is 1. The van der Waals surface area contributed by atoms with Crippen molar-refractivity contribution < 1.29 is 21.4 Å². The standard InChI is InChI=1S/C3H8O5S3/c1-10(4,5)3-2-9-11(6,7)8/h2-3H2,1H3,(H,6,7,8). The third-order valence-electron chi connectivity index (χ3n) is 0.686. The molecular weight excluding hydrogens is 212 g/mol. The highest BCUT2D eigenvalue weighted by Crippen LogP contribution is 2.08. The SMILES string of the molecule is CS(=O)(=O)CCSS(=O)(=O)O. The van der Waals surface area contributed by atoms with E-state index in [9.17, 15) is 16.8 Å². The quantitative estimate of drug-likeness (QED) is 0.510. The lowest BCUT2D eigenvalue weighted by Crippen LogP contribution is -2.06. The molecule has 0 rings (SSSR count). The Bertz CT molecular complexity index is 266. The molecule has 0 bridgehead atoms. The highest BCUT2D eigenvalue weighted by atomic mass is 33.1. The lowest BCUT2D eigenvalue weighted by molar-refractivity contribution is 0.503. The molecule has 68 valence electrons. The van der Waals surface area contributed by atoms with Gasteiger partial charge < -0.3 is 0 Å². The molecule has 5 nitrogen and oxygen atoms in total. The summed E-state index contributed by atoms with van der Waals surface area (Å²) in [6.07, 6.45) is 0.998. The predicted molar refractivity (Wildman–Crippen MR) is 43.7 cm³/mol. The van der Waals surface area contributed by atoms with Crippen molar-refractivity contribution in [1.29, 1.82) is 0 Å². The molecule has 0 heterocycles. The predicted octanol–water partition coefficient (Wildman–Crippen LogP) is -0.433. The van der Waals surface area contributed by atoms with E-state index in [2.05, 4.69) is 0 Å². The van der Waals surface area contributed by atoms with Gasteiger partial charge in [0.05, 0.1) is 5.75 Å². The summed E-state index contributed by atoms with van der Waals surface area (Å²) in [7, 11) is -7.03. The average Bonchev–Trinajstić information content (AvgIpc) is 1.55. The summed E-state index contributed by atoms with van der Waals surface area (Å²) < 4.78 is 49.1. The fourth-order valence-electron chi connectivity index (χ4n) is 0.291. The van der Waals surface area contributed by atoms with Gasteiger partial charge in [0, 0.05) is 12.0 Å². The zero-order valence-corrected chi connectivity index (χ0v) is 8.17. The van der Waals surface area contributed by atoms with Crippen molar-refractivity contribution >= 4 is 29.8 Å². The minimum Gasteiger partial charge on any atom is -0.277 e. The zero-order valence-electron chi connectivity index (χ0n) is 5.72. The molecule has 0 saturated carbocycles. The molecule has 0 aliphatic heterocycles. The molecule has 0 amide bonds. The largest absolute Gasteiger partial charge is 0.319 e. The van der Waals surface area contributed by atoms with E-state index in [1.807, 2.05) is 0 Å². The van der Waals surface area contributed by atoms with Crippen LogP contribution in [0.25, 0.3) is 0 Å². The minimum absolute atomic E-state index is 0.141. The lowest BCUT2D eigenvalue weighted by Gasteiger charge is -1.94. The summed E-state index contributed by atoms with van der Waals surface area (Å²) in [6.45, 7) is 0. The molecule has 0 fully saturated rings. The second-order valence-corrected chi connectivity index (χ2v) is 7.61. The summed E-state index contributed by atoms with van der Waals surface area (Å²) in [4.78, 5) is 0. The van der Waals surface area contributed by atoms with Crippen LogP contribution in [-0.4, -0.2) is 39.1 Å². The molecule has 0 aliphatic rings. The summed E-state index contributed by atoms with van der Waals surface area (Å²) in [5.41, 5.74) is 0. The summed E-state index contributed by atoms with van der Waals surface area (Å²) in [5.74, 6) is -0.394. The van der Waals surface area contributed by atoms with E-state index in [-0.39, 0.29) is 22.3 Å². The Hall–Kier alpha value is 0.210. The van der Waals surface area contributed by atoms with Crippen molar-refractivity contribution in [3.63, 3.8) is 0 Å². The fraction of sp³-hybridized carbons (Fsp3) is 1.00. The Morgan fingerprint density at radius 3 is 2.00 bits per heavy atom. The van der Waals surface area contributed by atoms with Gasteiger partial charge in [-0.3, -0.25) is 4.55 Å². The molecule has 11 heavy (non-hydrogen) atoms. The number of rotatable bonds is 4. The summed E-state index contributed by atoms with van der Waals surface area (Å²) in [5, 5.41) is 0. The van der Waals surface area contributed by atoms with Crippen LogP contribution in [0.4, 0.5) is 0 Å². The van der Waals surface area contributed by atoms with Gasteiger partial charge in [0.2, 0.25) is 0 Å². The molecule has 0 saturated heterocycles. The first-order valence-corrected chi connectivity index (χ1v) is 7.50.